The average Bonchev–Trinajstić information content (AvgIpc) is 2.31. The van der Waals surface area contributed by atoms with Gasteiger partial charge in [-0.05, 0) is 31.0 Å². The monoisotopic (exact) mass is 302 g/mol. The van der Waals surface area contributed by atoms with Crippen molar-refractivity contribution in [3.05, 3.63) is 28.8 Å². The van der Waals surface area contributed by atoms with Gasteiger partial charge in [0.25, 0.3) is 0 Å². The number of hydrogen-bond donors (Lipinski definition) is 2. The molecule has 19 heavy (non-hydrogen) atoms. The van der Waals surface area contributed by atoms with E-state index < -0.39 is 10.0 Å². The first-order valence-electron chi connectivity index (χ1n) is 5.94. The maximum absolute atomic E-state index is 12.2. The van der Waals surface area contributed by atoms with Crippen LogP contribution in [0.25, 0.3) is 0 Å². The quantitative estimate of drug-likeness (QED) is 0.881. The number of nitrogens with one attached hydrogen (secondary N) is 2. The van der Waals surface area contributed by atoms with E-state index in [2.05, 4.69) is 10.0 Å². The smallest absolute Gasteiger partial charge is 0.242 e. The Kier molecular flexibility index (Phi) is 4.13. The van der Waals surface area contributed by atoms with E-state index in [1.54, 1.807) is 12.1 Å². The summed E-state index contributed by atoms with van der Waals surface area (Å²) >= 11 is 5.97. The van der Waals surface area contributed by atoms with Crippen molar-refractivity contribution in [2.45, 2.75) is 30.7 Å². The summed E-state index contributed by atoms with van der Waals surface area (Å²) in [5, 5.41) is 2.83. The molecule has 0 radical (unpaired) electrons. The van der Waals surface area contributed by atoms with Gasteiger partial charge >= 0.3 is 0 Å². The van der Waals surface area contributed by atoms with Gasteiger partial charge < -0.3 is 5.32 Å². The molecule has 7 heteroatoms. The Balaban J connectivity index is 2.16. The van der Waals surface area contributed by atoms with Gasteiger partial charge in [0.2, 0.25) is 15.9 Å². The molecule has 0 bridgehead atoms. The highest BCUT2D eigenvalue weighted by atomic mass is 35.5. The van der Waals surface area contributed by atoms with E-state index in [-0.39, 0.29) is 21.9 Å². The van der Waals surface area contributed by atoms with E-state index >= 15 is 0 Å². The molecule has 1 amide bonds. The van der Waals surface area contributed by atoms with Gasteiger partial charge in [-0.3, -0.25) is 4.79 Å². The molecule has 1 aliphatic rings. The largest absolute Gasteiger partial charge is 0.355 e. The van der Waals surface area contributed by atoms with Crippen LogP contribution in [0.4, 0.5) is 0 Å². The molecule has 1 aromatic rings. The highest BCUT2D eigenvalue weighted by Crippen LogP contribution is 2.23. The minimum atomic E-state index is -3.66. The summed E-state index contributed by atoms with van der Waals surface area (Å²) in [5.74, 6) is -0.0520. The molecule has 0 aliphatic carbocycles. The Hall–Kier alpha value is -1.11. The van der Waals surface area contributed by atoms with Gasteiger partial charge in [-0.1, -0.05) is 17.7 Å². The number of amides is 1. The van der Waals surface area contributed by atoms with Crippen LogP contribution in [0.5, 0.6) is 0 Å². The summed E-state index contributed by atoms with van der Waals surface area (Å²) in [7, 11) is -3.66. The highest BCUT2D eigenvalue weighted by Gasteiger charge is 2.25. The Labute approximate surface area is 117 Å². The molecule has 1 heterocycles. The second kappa shape index (κ2) is 5.48. The number of benzene rings is 1. The molecule has 2 rings (SSSR count). The number of piperidine rings is 1. The molecular weight excluding hydrogens is 288 g/mol. The summed E-state index contributed by atoms with van der Waals surface area (Å²) < 4.78 is 27.0. The lowest BCUT2D eigenvalue weighted by atomic mass is 10.1. The summed E-state index contributed by atoms with van der Waals surface area (Å²) in [6.45, 7) is 2.15. The van der Waals surface area contributed by atoms with Crippen LogP contribution in [0.1, 0.15) is 18.4 Å². The van der Waals surface area contributed by atoms with Crippen LogP contribution in [0.3, 0.4) is 0 Å². The fraction of sp³-hybridized carbons (Fsp3) is 0.417. The molecule has 1 atom stereocenters. The average molecular weight is 303 g/mol. The van der Waals surface area contributed by atoms with Crippen molar-refractivity contribution < 1.29 is 13.2 Å². The lowest BCUT2D eigenvalue weighted by Crippen LogP contribution is -2.47. The van der Waals surface area contributed by atoms with Crippen LogP contribution in [0.15, 0.2) is 23.1 Å². The Morgan fingerprint density at radius 2 is 2.16 bits per heavy atom. The first kappa shape index (κ1) is 14.3. The zero-order valence-corrected chi connectivity index (χ0v) is 12.0. The zero-order chi connectivity index (χ0) is 14.0. The summed E-state index contributed by atoms with van der Waals surface area (Å²) in [6, 6.07) is 4.50. The molecule has 2 N–H and O–H groups in total. The van der Waals surface area contributed by atoms with Gasteiger partial charge in [0.1, 0.15) is 4.90 Å². The number of rotatable bonds is 3. The van der Waals surface area contributed by atoms with E-state index in [9.17, 15) is 13.2 Å². The first-order valence-corrected chi connectivity index (χ1v) is 7.80. The minimum Gasteiger partial charge on any atom is -0.355 e. The molecule has 1 unspecified atom stereocenters. The van der Waals surface area contributed by atoms with Crippen LogP contribution in [-0.4, -0.2) is 26.9 Å². The third kappa shape index (κ3) is 3.46. The van der Waals surface area contributed by atoms with Gasteiger partial charge in [-0.25, -0.2) is 13.1 Å². The fourth-order valence-electron chi connectivity index (χ4n) is 1.94. The Morgan fingerprint density at radius 3 is 2.74 bits per heavy atom. The maximum atomic E-state index is 12.2. The molecule has 0 saturated carbocycles. The van der Waals surface area contributed by atoms with E-state index in [4.69, 9.17) is 11.6 Å². The third-order valence-corrected chi connectivity index (χ3v) is 4.97. The van der Waals surface area contributed by atoms with Crippen molar-refractivity contribution >= 4 is 27.5 Å². The van der Waals surface area contributed by atoms with Crippen molar-refractivity contribution in [3.8, 4) is 0 Å². The second-order valence-corrected chi connectivity index (χ2v) is 6.68. The number of hydrogen-bond acceptors (Lipinski definition) is 3. The third-order valence-electron chi connectivity index (χ3n) is 2.96. The summed E-state index contributed by atoms with van der Waals surface area (Å²) in [6.07, 6.45) is 0.823. The maximum Gasteiger partial charge on any atom is 0.242 e. The van der Waals surface area contributed by atoms with Crippen molar-refractivity contribution in [2.24, 2.45) is 0 Å². The minimum absolute atomic E-state index is 0.0520. The van der Waals surface area contributed by atoms with Gasteiger partial charge in [0.05, 0.1) is 5.02 Å². The number of sulfonamides is 1. The molecule has 1 aromatic carbocycles. The fourth-order valence-corrected chi connectivity index (χ4v) is 3.81. The van der Waals surface area contributed by atoms with E-state index in [0.717, 1.165) is 5.56 Å². The summed E-state index contributed by atoms with van der Waals surface area (Å²) in [4.78, 5) is 11.1. The highest BCUT2D eigenvalue weighted by molar-refractivity contribution is 7.89. The number of carbonyl (C=O) groups excluding carboxylic acids is 1. The predicted octanol–water partition coefficient (Wildman–Crippen LogP) is 1.21. The van der Waals surface area contributed by atoms with Crippen LogP contribution in [0, 0.1) is 6.92 Å². The standard InChI is InChI=1S/C12H15ClN2O3S/c1-8-2-4-11(10(13)6-8)19(17,18)15-9-3-5-12(16)14-7-9/h2,4,6,9,15H,3,5,7H2,1H3,(H,14,16). The zero-order valence-electron chi connectivity index (χ0n) is 10.4. The lowest BCUT2D eigenvalue weighted by molar-refractivity contribution is -0.122. The van der Waals surface area contributed by atoms with E-state index in [1.807, 2.05) is 6.92 Å². The van der Waals surface area contributed by atoms with Gasteiger partial charge in [0.15, 0.2) is 0 Å². The lowest BCUT2D eigenvalue weighted by Gasteiger charge is -2.23. The SMILES string of the molecule is Cc1ccc(S(=O)(=O)NC2CCC(=O)NC2)c(Cl)c1. The van der Waals surface area contributed by atoms with Crippen LogP contribution < -0.4 is 10.0 Å². The Bertz CT molecular complexity index is 591. The van der Waals surface area contributed by atoms with E-state index in [0.29, 0.717) is 19.4 Å². The van der Waals surface area contributed by atoms with Crippen LogP contribution >= 0.6 is 11.6 Å². The normalized spacial score (nSPS) is 20.1. The first-order chi connectivity index (χ1) is 8.88. The molecular formula is C12H15ClN2O3S. The van der Waals surface area contributed by atoms with Crippen LogP contribution in [0.2, 0.25) is 5.02 Å². The predicted molar refractivity (Wildman–Crippen MR) is 72.5 cm³/mol. The molecule has 1 fully saturated rings. The Morgan fingerprint density at radius 1 is 1.42 bits per heavy atom. The van der Waals surface area contributed by atoms with Crippen molar-refractivity contribution in [2.75, 3.05) is 6.54 Å². The molecule has 0 aromatic heterocycles. The van der Waals surface area contributed by atoms with Crippen LogP contribution in [-0.2, 0) is 14.8 Å². The van der Waals surface area contributed by atoms with Crippen molar-refractivity contribution in [3.63, 3.8) is 0 Å². The topological polar surface area (TPSA) is 75.3 Å². The van der Waals surface area contributed by atoms with Gasteiger partial charge in [-0.2, -0.15) is 0 Å². The van der Waals surface area contributed by atoms with Crippen molar-refractivity contribution in [1.29, 1.82) is 0 Å². The second-order valence-electron chi connectivity index (χ2n) is 4.59. The molecule has 1 aliphatic heterocycles. The van der Waals surface area contributed by atoms with Gasteiger partial charge in [0, 0.05) is 19.0 Å². The summed E-state index contributed by atoms with van der Waals surface area (Å²) in [5.41, 5.74) is 0.897. The number of halogens is 1. The molecule has 0 spiro atoms. The molecule has 1 saturated heterocycles. The van der Waals surface area contributed by atoms with Gasteiger partial charge in [-0.15, -0.1) is 0 Å². The molecule has 104 valence electrons. The number of carbonyl (C=O) groups is 1. The van der Waals surface area contributed by atoms with E-state index in [1.165, 1.54) is 6.07 Å². The number of aryl methyl sites for hydroxylation is 1. The molecule has 5 nitrogen and oxygen atoms in total. The van der Waals surface area contributed by atoms with Crippen molar-refractivity contribution in [1.82, 2.24) is 10.0 Å².